The van der Waals surface area contributed by atoms with E-state index in [1.165, 1.54) is 0 Å². The first kappa shape index (κ1) is 22.7. The van der Waals surface area contributed by atoms with Crippen LogP contribution in [0.15, 0.2) is 24.3 Å². The number of aryl methyl sites for hydroxylation is 1. The fraction of sp³-hybridized carbons (Fsp3) is 0.591. The number of nitrogens with zero attached hydrogens (tertiary/aromatic N) is 1. The molecule has 0 unspecified atom stereocenters. The van der Waals surface area contributed by atoms with Crippen molar-refractivity contribution in [2.24, 2.45) is 0 Å². The molecule has 1 heterocycles. The Morgan fingerprint density at radius 1 is 1.14 bits per heavy atom. The Bertz CT molecular complexity index is 719. The molecule has 1 aromatic rings. The number of rotatable bonds is 6. The van der Waals surface area contributed by atoms with E-state index in [4.69, 9.17) is 4.74 Å². The second-order valence-electron chi connectivity index (χ2n) is 8.50. The van der Waals surface area contributed by atoms with Crippen molar-refractivity contribution in [3.8, 4) is 0 Å². The van der Waals surface area contributed by atoms with Crippen LogP contribution in [0.2, 0.25) is 0 Å². The van der Waals surface area contributed by atoms with Gasteiger partial charge in [0, 0.05) is 32.1 Å². The van der Waals surface area contributed by atoms with Crippen molar-refractivity contribution in [3.63, 3.8) is 0 Å². The fourth-order valence-corrected chi connectivity index (χ4v) is 3.25. The lowest BCUT2D eigenvalue weighted by atomic mass is 10.0. The fourth-order valence-electron chi connectivity index (χ4n) is 3.25. The Kier molecular flexibility index (Phi) is 8.05. The highest BCUT2D eigenvalue weighted by Crippen LogP contribution is 2.14. The summed E-state index contributed by atoms with van der Waals surface area (Å²) in [4.78, 5) is 38.1. The molecule has 0 radical (unpaired) electrons. The van der Waals surface area contributed by atoms with Crippen molar-refractivity contribution in [2.45, 2.75) is 65.0 Å². The van der Waals surface area contributed by atoms with Gasteiger partial charge in [-0.15, -0.1) is 0 Å². The number of nitrogens with one attached hydrogen (secondary N) is 2. The SMILES string of the molecule is Cc1ccccc1CC(=O)N1CCC(NC(=O)CCNC(=O)OC(C)(C)C)CC1. The zero-order valence-electron chi connectivity index (χ0n) is 17.9. The van der Waals surface area contributed by atoms with E-state index < -0.39 is 11.7 Å². The summed E-state index contributed by atoms with van der Waals surface area (Å²) in [5.74, 6) is 0.0244. The Morgan fingerprint density at radius 2 is 1.79 bits per heavy atom. The van der Waals surface area contributed by atoms with Crippen molar-refractivity contribution in [1.29, 1.82) is 0 Å². The minimum atomic E-state index is -0.559. The molecule has 2 N–H and O–H groups in total. The minimum absolute atomic E-state index is 0.0616. The minimum Gasteiger partial charge on any atom is -0.444 e. The molecule has 7 nitrogen and oxygen atoms in total. The first-order chi connectivity index (χ1) is 13.6. The summed E-state index contributed by atoms with van der Waals surface area (Å²) in [7, 11) is 0. The van der Waals surface area contributed by atoms with E-state index in [-0.39, 0.29) is 30.8 Å². The van der Waals surface area contributed by atoms with Crippen LogP contribution in [0.25, 0.3) is 0 Å². The summed E-state index contributed by atoms with van der Waals surface area (Å²) in [6.07, 6.45) is 1.58. The van der Waals surface area contributed by atoms with E-state index in [0.717, 1.165) is 24.0 Å². The van der Waals surface area contributed by atoms with Crippen molar-refractivity contribution < 1.29 is 19.1 Å². The Morgan fingerprint density at radius 3 is 2.41 bits per heavy atom. The van der Waals surface area contributed by atoms with Crippen LogP contribution in [0.5, 0.6) is 0 Å². The molecule has 0 bridgehead atoms. The third-order valence-corrected chi connectivity index (χ3v) is 4.84. The molecule has 0 saturated carbocycles. The molecule has 1 aromatic carbocycles. The van der Waals surface area contributed by atoms with Crippen LogP contribution in [0.3, 0.4) is 0 Å². The smallest absolute Gasteiger partial charge is 0.407 e. The lowest BCUT2D eigenvalue weighted by Gasteiger charge is -2.32. The van der Waals surface area contributed by atoms with Gasteiger partial charge in [0.1, 0.15) is 5.60 Å². The van der Waals surface area contributed by atoms with Crippen LogP contribution in [-0.2, 0) is 20.7 Å². The van der Waals surface area contributed by atoms with Crippen molar-refractivity contribution in [3.05, 3.63) is 35.4 Å². The zero-order chi connectivity index (χ0) is 21.4. The third kappa shape index (κ3) is 8.13. The number of likely N-dealkylation sites (tertiary alicyclic amines) is 1. The van der Waals surface area contributed by atoms with Gasteiger partial charge in [-0.05, 0) is 51.7 Å². The van der Waals surface area contributed by atoms with Gasteiger partial charge in [0.15, 0.2) is 0 Å². The standard InChI is InChI=1S/C22H33N3O4/c1-16-7-5-6-8-17(16)15-20(27)25-13-10-18(11-14-25)24-19(26)9-12-23-21(28)29-22(2,3)4/h5-8,18H,9-15H2,1-4H3,(H,23,28)(H,24,26). The van der Waals surface area contributed by atoms with Gasteiger partial charge in [-0.3, -0.25) is 9.59 Å². The van der Waals surface area contributed by atoms with Gasteiger partial charge in [0.05, 0.1) is 6.42 Å². The molecule has 0 aromatic heterocycles. The van der Waals surface area contributed by atoms with Crippen molar-refractivity contribution in [1.82, 2.24) is 15.5 Å². The predicted octanol–water partition coefficient (Wildman–Crippen LogP) is 2.56. The number of piperidine rings is 1. The van der Waals surface area contributed by atoms with E-state index in [1.54, 1.807) is 20.8 Å². The molecule has 0 atom stereocenters. The van der Waals surface area contributed by atoms with Crippen LogP contribution in [0, 0.1) is 6.92 Å². The number of carbonyl (C=O) groups excluding carboxylic acids is 3. The molecule has 29 heavy (non-hydrogen) atoms. The highest BCUT2D eigenvalue weighted by atomic mass is 16.6. The zero-order valence-corrected chi connectivity index (χ0v) is 17.9. The molecule has 0 spiro atoms. The number of carbonyl (C=O) groups is 3. The van der Waals surface area contributed by atoms with Crippen LogP contribution < -0.4 is 10.6 Å². The normalized spacial score (nSPS) is 15.0. The Hall–Kier alpha value is -2.57. The number of hydrogen-bond donors (Lipinski definition) is 2. The maximum atomic E-state index is 12.5. The number of hydrogen-bond acceptors (Lipinski definition) is 4. The average Bonchev–Trinajstić information content (AvgIpc) is 2.62. The summed E-state index contributed by atoms with van der Waals surface area (Å²) in [6.45, 7) is 8.90. The molecular weight excluding hydrogens is 370 g/mol. The third-order valence-electron chi connectivity index (χ3n) is 4.84. The number of ether oxygens (including phenoxy) is 1. The first-order valence-corrected chi connectivity index (χ1v) is 10.2. The van der Waals surface area contributed by atoms with Crippen LogP contribution in [-0.4, -0.2) is 54.1 Å². The molecule has 160 valence electrons. The van der Waals surface area contributed by atoms with Crippen molar-refractivity contribution in [2.75, 3.05) is 19.6 Å². The molecular formula is C22H33N3O4. The largest absolute Gasteiger partial charge is 0.444 e. The maximum Gasteiger partial charge on any atom is 0.407 e. The van der Waals surface area contributed by atoms with E-state index >= 15 is 0 Å². The summed E-state index contributed by atoms with van der Waals surface area (Å²) < 4.78 is 5.13. The monoisotopic (exact) mass is 403 g/mol. The maximum absolute atomic E-state index is 12.5. The van der Waals surface area contributed by atoms with E-state index in [2.05, 4.69) is 10.6 Å². The van der Waals surface area contributed by atoms with Crippen LogP contribution in [0.4, 0.5) is 4.79 Å². The van der Waals surface area contributed by atoms with E-state index in [1.807, 2.05) is 36.1 Å². The van der Waals surface area contributed by atoms with Gasteiger partial charge < -0.3 is 20.3 Å². The molecule has 1 saturated heterocycles. The highest BCUT2D eigenvalue weighted by molar-refractivity contribution is 5.79. The second-order valence-corrected chi connectivity index (χ2v) is 8.50. The van der Waals surface area contributed by atoms with Gasteiger partial charge in [-0.25, -0.2) is 4.79 Å². The quantitative estimate of drug-likeness (QED) is 0.764. The van der Waals surface area contributed by atoms with Crippen molar-refractivity contribution >= 4 is 17.9 Å². The molecule has 1 fully saturated rings. The van der Waals surface area contributed by atoms with Gasteiger partial charge in [0.2, 0.25) is 11.8 Å². The summed E-state index contributed by atoms with van der Waals surface area (Å²) in [5.41, 5.74) is 1.63. The molecule has 2 rings (SSSR count). The van der Waals surface area contributed by atoms with E-state index in [0.29, 0.717) is 19.5 Å². The molecule has 1 aliphatic heterocycles. The van der Waals surface area contributed by atoms with Crippen LogP contribution >= 0.6 is 0 Å². The highest BCUT2D eigenvalue weighted by Gasteiger charge is 2.24. The number of amides is 3. The molecule has 3 amide bonds. The Labute approximate surface area is 173 Å². The van der Waals surface area contributed by atoms with Crippen LogP contribution in [0.1, 0.15) is 51.2 Å². The molecule has 1 aliphatic rings. The second kappa shape index (κ2) is 10.3. The van der Waals surface area contributed by atoms with Gasteiger partial charge in [-0.1, -0.05) is 24.3 Å². The lowest BCUT2D eigenvalue weighted by Crippen LogP contribution is -2.47. The van der Waals surface area contributed by atoms with Gasteiger partial charge in [0.25, 0.3) is 0 Å². The Balaban J connectivity index is 1.66. The van der Waals surface area contributed by atoms with E-state index in [9.17, 15) is 14.4 Å². The van der Waals surface area contributed by atoms with Gasteiger partial charge in [-0.2, -0.15) is 0 Å². The molecule has 7 heteroatoms. The summed E-state index contributed by atoms with van der Waals surface area (Å²) in [5, 5.41) is 5.57. The molecule has 0 aliphatic carbocycles. The number of alkyl carbamates (subject to hydrolysis) is 1. The predicted molar refractivity (Wildman–Crippen MR) is 111 cm³/mol. The topological polar surface area (TPSA) is 87.7 Å². The first-order valence-electron chi connectivity index (χ1n) is 10.2. The summed E-state index contributed by atoms with van der Waals surface area (Å²) >= 11 is 0. The van der Waals surface area contributed by atoms with Gasteiger partial charge >= 0.3 is 6.09 Å². The summed E-state index contributed by atoms with van der Waals surface area (Å²) in [6, 6.07) is 8.00. The lowest BCUT2D eigenvalue weighted by molar-refractivity contribution is -0.131. The average molecular weight is 404 g/mol. The number of benzene rings is 1.